The number of piperazine rings is 1. The summed E-state index contributed by atoms with van der Waals surface area (Å²) in [5, 5.41) is 22.7. The molecule has 8 nitrogen and oxygen atoms in total. The molecule has 3 N–H and O–H groups in total. The molecule has 2 aliphatic rings. The predicted molar refractivity (Wildman–Crippen MR) is 153 cm³/mol. The third-order valence-corrected chi connectivity index (χ3v) is 7.83. The summed E-state index contributed by atoms with van der Waals surface area (Å²) in [5.74, 6) is -3.94. The summed E-state index contributed by atoms with van der Waals surface area (Å²) < 4.78 is 53.8. The summed E-state index contributed by atoms with van der Waals surface area (Å²) >= 11 is 0. The zero-order valence-corrected chi connectivity index (χ0v) is 23.5. The lowest BCUT2D eigenvalue weighted by Crippen LogP contribution is -2.61. The fourth-order valence-electron chi connectivity index (χ4n) is 5.65. The number of ether oxygens (including phenoxy) is 1. The third-order valence-electron chi connectivity index (χ3n) is 7.83. The van der Waals surface area contributed by atoms with Gasteiger partial charge in [-0.15, -0.1) is 0 Å². The molecule has 5 rings (SSSR count). The molecule has 0 spiro atoms. The van der Waals surface area contributed by atoms with Gasteiger partial charge >= 0.3 is 0 Å². The van der Waals surface area contributed by atoms with Crippen LogP contribution in [0.3, 0.4) is 0 Å². The number of amidine groups is 1. The number of fused-ring (bicyclic) bond motifs is 2. The van der Waals surface area contributed by atoms with Crippen molar-refractivity contribution in [2.24, 2.45) is 0 Å². The van der Waals surface area contributed by atoms with E-state index in [2.05, 4.69) is 16.9 Å². The number of amides is 1. The molecule has 1 saturated heterocycles. The van der Waals surface area contributed by atoms with E-state index in [1.165, 1.54) is 37.4 Å². The Morgan fingerprint density at radius 3 is 2.62 bits per heavy atom. The van der Waals surface area contributed by atoms with Crippen molar-refractivity contribution in [1.82, 2.24) is 14.8 Å². The Morgan fingerprint density at radius 2 is 1.93 bits per heavy atom. The highest BCUT2D eigenvalue weighted by molar-refractivity contribution is 6.06. The molecule has 0 bridgehead atoms. The summed E-state index contributed by atoms with van der Waals surface area (Å²) in [6, 6.07) is 6.23. The van der Waals surface area contributed by atoms with E-state index >= 15 is 8.78 Å². The van der Waals surface area contributed by atoms with Crippen LogP contribution in [0, 0.1) is 29.8 Å². The van der Waals surface area contributed by atoms with E-state index in [9.17, 15) is 19.7 Å². The lowest BCUT2D eigenvalue weighted by atomic mass is 9.95. The standard InChI is InChI=1S/C31H32F3N5O3/c1-5-22(41)38-15-19-11-13-42-30-24(31(35)39(19)14-17(38)3)29(37-27-16(2)10-12-36-28(27)18(4)40)25(33)23(26(30)34)20-8-6-7-9-21(20)32/h5-10,12,17-19,35,37,40H,1,11,13-15H2,2-4H3. The molecule has 0 radical (unpaired) electrons. The number of rotatable bonds is 5. The van der Waals surface area contributed by atoms with Gasteiger partial charge in [-0.3, -0.25) is 15.2 Å². The SMILES string of the molecule is C=CC(=O)N1CC2CCOc3c(F)c(-c4ccccc4F)c(F)c(Nc4c(C)ccnc4C(C)O)c3C(=N)N2CC1C. The fourth-order valence-corrected chi connectivity index (χ4v) is 5.65. The molecule has 1 aromatic heterocycles. The van der Waals surface area contributed by atoms with E-state index in [1.54, 1.807) is 22.8 Å². The Labute approximate surface area is 241 Å². The van der Waals surface area contributed by atoms with Crippen molar-refractivity contribution in [1.29, 1.82) is 5.41 Å². The molecule has 3 atom stereocenters. The summed E-state index contributed by atoms with van der Waals surface area (Å²) in [6.45, 7) is 9.13. The van der Waals surface area contributed by atoms with E-state index < -0.39 is 34.9 Å². The molecule has 2 aliphatic heterocycles. The Morgan fingerprint density at radius 1 is 1.19 bits per heavy atom. The number of aryl methyl sites for hydroxylation is 1. The number of halogens is 3. The Hall–Kier alpha value is -4.38. The van der Waals surface area contributed by atoms with E-state index in [-0.39, 0.29) is 71.7 Å². The molecule has 42 heavy (non-hydrogen) atoms. The molecule has 2 aromatic carbocycles. The maximum absolute atomic E-state index is 16.7. The maximum atomic E-state index is 16.7. The number of nitrogens with one attached hydrogen (secondary N) is 2. The topological polar surface area (TPSA) is 102 Å². The van der Waals surface area contributed by atoms with Crippen molar-refractivity contribution in [3.8, 4) is 16.9 Å². The van der Waals surface area contributed by atoms with Crippen molar-refractivity contribution >= 4 is 23.1 Å². The monoisotopic (exact) mass is 579 g/mol. The van der Waals surface area contributed by atoms with Crippen LogP contribution in [0.15, 0.2) is 49.2 Å². The van der Waals surface area contributed by atoms with Gasteiger partial charge in [0.2, 0.25) is 5.91 Å². The second-order valence-electron chi connectivity index (χ2n) is 10.6. The van der Waals surface area contributed by atoms with Crippen LogP contribution in [0.5, 0.6) is 5.75 Å². The van der Waals surface area contributed by atoms with Crippen molar-refractivity contribution < 1.29 is 27.8 Å². The number of carbonyl (C=O) groups excluding carboxylic acids is 1. The minimum Gasteiger partial charge on any atom is -0.490 e. The van der Waals surface area contributed by atoms with Crippen molar-refractivity contribution in [2.75, 3.05) is 25.0 Å². The number of hydrogen-bond donors (Lipinski definition) is 3. The van der Waals surface area contributed by atoms with Gasteiger partial charge in [-0.05, 0) is 44.5 Å². The number of aliphatic hydroxyl groups is 1. The highest BCUT2D eigenvalue weighted by Gasteiger charge is 2.40. The van der Waals surface area contributed by atoms with Gasteiger partial charge in [0.15, 0.2) is 17.4 Å². The van der Waals surface area contributed by atoms with Gasteiger partial charge < -0.3 is 25.0 Å². The summed E-state index contributed by atoms with van der Waals surface area (Å²) in [6.07, 6.45) is 2.04. The van der Waals surface area contributed by atoms with E-state index in [1.807, 2.05) is 6.92 Å². The van der Waals surface area contributed by atoms with Crippen molar-refractivity contribution in [2.45, 2.75) is 45.4 Å². The number of carbonyl (C=O) groups is 1. The predicted octanol–water partition coefficient (Wildman–Crippen LogP) is 5.47. The fraction of sp³-hybridized carbons (Fsp3) is 0.323. The van der Waals surface area contributed by atoms with Crippen LogP contribution in [-0.2, 0) is 4.79 Å². The molecule has 3 unspecified atom stereocenters. The summed E-state index contributed by atoms with van der Waals surface area (Å²) in [5.41, 5.74) is -0.378. The first kappa shape index (κ1) is 29.1. The molecule has 220 valence electrons. The second kappa shape index (κ2) is 11.5. The number of aromatic nitrogens is 1. The normalized spacial score (nSPS) is 19.2. The van der Waals surface area contributed by atoms with E-state index in [0.717, 1.165) is 6.07 Å². The zero-order valence-electron chi connectivity index (χ0n) is 23.5. The highest BCUT2D eigenvalue weighted by atomic mass is 19.1. The molecule has 0 aliphatic carbocycles. The Balaban J connectivity index is 1.74. The van der Waals surface area contributed by atoms with Crippen LogP contribution in [0.25, 0.3) is 11.1 Å². The van der Waals surface area contributed by atoms with Crippen LogP contribution >= 0.6 is 0 Å². The minimum atomic E-state index is -1.13. The summed E-state index contributed by atoms with van der Waals surface area (Å²) in [4.78, 5) is 20.1. The first-order valence-electron chi connectivity index (χ1n) is 13.7. The lowest BCUT2D eigenvalue weighted by Gasteiger charge is -2.47. The molecule has 0 saturated carbocycles. The zero-order chi connectivity index (χ0) is 30.3. The quantitative estimate of drug-likeness (QED) is 0.347. The van der Waals surface area contributed by atoms with E-state index in [0.29, 0.717) is 12.0 Å². The lowest BCUT2D eigenvalue weighted by molar-refractivity contribution is -0.131. The maximum Gasteiger partial charge on any atom is 0.246 e. The minimum absolute atomic E-state index is 0.00447. The van der Waals surface area contributed by atoms with Crippen LogP contribution in [0.1, 0.15) is 43.2 Å². The highest BCUT2D eigenvalue weighted by Crippen LogP contribution is 2.45. The van der Waals surface area contributed by atoms with Gasteiger partial charge in [-0.1, -0.05) is 24.8 Å². The number of benzene rings is 2. The van der Waals surface area contributed by atoms with Gasteiger partial charge in [-0.25, -0.2) is 13.2 Å². The average molecular weight is 580 g/mol. The van der Waals surface area contributed by atoms with Gasteiger partial charge in [0, 0.05) is 37.3 Å². The molecule has 1 amide bonds. The molecular weight excluding hydrogens is 547 g/mol. The number of hydrogen-bond acceptors (Lipinski definition) is 6. The average Bonchev–Trinajstić information content (AvgIpc) is 2.96. The van der Waals surface area contributed by atoms with Crippen LogP contribution in [0.2, 0.25) is 0 Å². The first-order valence-corrected chi connectivity index (χ1v) is 13.7. The Kier molecular flexibility index (Phi) is 7.96. The number of anilines is 2. The third kappa shape index (κ3) is 4.98. The largest absolute Gasteiger partial charge is 0.490 e. The molecular formula is C31H32F3N5O3. The molecule has 3 aromatic rings. The van der Waals surface area contributed by atoms with Gasteiger partial charge in [0.25, 0.3) is 0 Å². The number of nitrogens with zero attached hydrogens (tertiary/aromatic N) is 3. The van der Waals surface area contributed by atoms with Crippen LogP contribution < -0.4 is 10.1 Å². The Bertz CT molecular complexity index is 1580. The summed E-state index contributed by atoms with van der Waals surface area (Å²) in [7, 11) is 0. The van der Waals surface area contributed by atoms with Crippen LogP contribution in [-0.4, -0.2) is 63.4 Å². The van der Waals surface area contributed by atoms with E-state index in [4.69, 9.17) is 4.74 Å². The smallest absolute Gasteiger partial charge is 0.246 e. The van der Waals surface area contributed by atoms with Crippen LogP contribution in [0.4, 0.5) is 24.5 Å². The first-order chi connectivity index (χ1) is 20.0. The molecule has 3 heterocycles. The van der Waals surface area contributed by atoms with Crippen molar-refractivity contribution in [3.63, 3.8) is 0 Å². The van der Waals surface area contributed by atoms with Gasteiger partial charge in [-0.2, -0.15) is 0 Å². The second-order valence-corrected chi connectivity index (χ2v) is 10.6. The van der Waals surface area contributed by atoms with Gasteiger partial charge in [0.05, 0.1) is 46.9 Å². The molecule has 11 heteroatoms. The van der Waals surface area contributed by atoms with Crippen molar-refractivity contribution in [3.05, 3.63) is 83.5 Å². The number of aliphatic hydroxyl groups excluding tert-OH is 1. The van der Waals surface area contributed by atoms with Gasteiger partial charge in [0.1, 0.15) is 11.7 Å². The number of pyridine rings is 1. The molecule has 1 fully saturated rings.